The minimum absolute atomic E-state index is 0.386. The van der Waals surface area contributed by atoms with Gasteiger partial charge in [-0.2, -0.15) is 13.2 Å². The van der Waals surface area contributed by atoms with Gasteiger partial charge in [-0.1, -0.05) is 6.07 Å². The van der Waals surface area contributed by atoms with Crippen LogP contribution in [-0.2, 0) is 0 Å². The van der Waals surface area contributed by atoms with Gasteiger partial charge in [-0.3, -0.25) is 9.89 Å². The van der Waals surface area contributed by atoms with E-state index in [-0.39, 0.29) is 0 Å². The summed E-state index contributed by atoms with van der Waals surface area (Å²) in [5.41, 5.74) is 0. The van der Waals surface area contributed by atoms with Crippen LogP contribution in [-0.4, -0.2) is 86.8 Å². The van der Waals surface area contributed by atoms with Crippen molar-refractivity contribution in [3.8, 4) is 0 Å². The fraction of sp³-hybridized carbons (Fsp3) is 0.647. The average Bonchev–Trinajstić information content (AvgIpc) is 2.61. The first-order valence-electron chi connectivity index (χ1n) is 8.76. The van der Waals surface area contributed by atoms with Crippen molar-refractivity contribution in [2.45, 2.75) is 12.6 Å². The lowest BCUT2D eigenvalue weighted by Crippen LogP contribution is -2.53. The van der Waals surface area contributed by atoms with E-state index >= 15 is 0 Å². The van der Waals surface area contributed by atoms with Gasteiger partial charge in [0.2, 0.25) is 0 Å². The number of aliphatic imine (C=N–C) groups is 1. The summed E-state index contributed by atoms with van der Waals surface area (Å²) in [7, 11) is 3.21. The summed E-state index contributed by atoms with van der Waals surface area (Å²) < 4.78 is 36.9. The molecule has 1 aromatic rings. The number of hydrogen-bond acceptors (Lipinski definition) is 4. The maximum absolute atomic E-state index is 12.3. The third kappa shape index (κ3) is 6.70. The Hall–Kier alpha value is -2.03. The number of pyridine rings is 1. The molecule has 26 heavy (non-hydrogen) atoms. The van der Waals surface area contributed by atoms with Crippen LogP contribution in [0.15, 0.2) is 29.4 Å². The minimum Gasteiger partial charge on any atom is -0.356 e. The van der Waals surface area contributed by atoms with E-state index < -0.39 is 12.7 Å². The molecular weight excluding hydrogens is 345 g/mol. The third-order valence-electron chi connectivity index (χ3n) is 4.21. The summed E-state index contributed by atoms with van der Waals surface area (Å²) in [5.74, 6) is 1.77. The van der Waals surface area contributed by atoms with E-state index in [4.69, 9.17) is 0 Å². The molecule has 0 saturated carbocycles. The number of hydrogen-bond donors (Lipinski definition) is 1. The molecule has 1 aliphatic rings. The monoisotopic (exact) mass is 372 g/mol. The summed E-state index contributed by atoms with van der Waals surface area (Å²) in [5, 5.41) is 3.25. The summed E-state index contributed by atoms with van der Waals surface area (Å²) >= 11 is 0. The predicted molar refractivity (Wildman–Crippen MR) is 97.6 cm³/mol. The lowest BCUT2D eigenvalue weighted by atomic mass is 10.3. The molecule has 0 atom stereocenters. The number of rotatable bonds is 6. The van der Waals surface area contributed by atoms with Crippen LogP contribution >= 0.6 is 0 Å². The normalized spacial score (nSPS) is 16.3. The highest BCUT2D eigenvalue weighted by Gasteiger charge is 2.28. The molecule has 0 aromatic carbocycles. The number of guanidine groups is 1. The molecule has 2 heterocycles. The van der Waals surface area contributed by atoms with Gasteiger partial charge in [0.15, 0.2) is 5.96 Å². The quantitative estimate of drug-likeness (QED) is 0.468. The summed E-state index contributed by atoms with van der Waals surface area (Å²) in [4.78, 5) is 14.3. The zero-order chi connectivity index (χ0) is 19.0. The predicted octanol–water partition coefficient (Wildman–Crippen LogP) is 1.66. The van der Waals surface area contributed by atoms with Crippen molar-refractivity contribution < 1.29 is 13.2 Å². The molecule has 0 unspecified atom stereocenters. The van der Waals surface area contributed by atoms with Gasteiger partial charge >= 0.3 is 6.18 Å². The van der Waals surface area contributed by atoms with E-state index in [0.717, 1.165) is 38.0 Å². The first kappa shape index (κ1) is 20.3. The summed E-state index contributed by atoms with van der Waals surface area (Å²) in [6.45, 7) is 3.45. The van der Waals surface area contributed by atoms with Crippen LogP contribution in [0, 0.1) is 0 Å². The molecule has 1 saturated heterocycles. The van der Waals surface area contributed by atoms with Crippen molar-refractivity contribution in [3.05, 3.63) is 24.4 Å². The lowest BCUT2D eigenvalue weighted by Gasteiger charge is -2.37. The van der Waals surface area contributed by atoms with Crippen LogP contribution in [0.4, 0.5) is 19.0 Å². The number of alkyl halides is 3. The Morgan fingerprint density at radius 1 is 1.27 bits per heavy atom. The Bertz CT molecular complexity index is 555. The van der Waals surface area contributed by atoms with Crippen LogP contribution in [0.3, 0.4) is 0 Å². The molecule has 0 aliphatic carbocycles. The second-order valence-electron chi connectivity index (χ2n) is 6.34. The molecule has 6 nitrogen and oxygen atoms in total. The molecular formula is C17H27F3N6. The molecule has 0 spiro atoms. The van der Waals surface area contributed by atoms with Crippen molar-refractivity contribution in [1.29, 1.82) is 0 Å². The van der Waals surface area contributed by atoms with Gasteiger partial charge in [0, 0.05) is 46.0 Å². The largest absolute Gasteiger partial charge is 0.401 e. The highest BCUT2D eigenvalue weighted by molar-refractivity contribution is 5.80. The van der Waals surface area contributed by atoms with E-state index in [1.54, 1.807) is 13.2 Å². The smallest absolute Gasteiger partial charge is 0.356 e. The molecule has 1 N–H and O–H groups in total. The molecule has 0 radical (unpaired) electrons. The van der Waals surface area contributed by atoms with E-state index in [0.29, 0.717) is 19.5 Å². The van der Waals surface area contributed by atoms with Crippen LogP contribution in [0.2, 0.25) is 0 Å². The van der Waals surface area contributed by atoms with Gasteiger partial charge in [-0.05, 0) is 32.1 Å². The Kier molecular flexibility index (Phi) is 7.50. The first-order valence-corrected chi connectivity index (χ1v) is 8.76. The van der Waals surface area contributed by atoms with E-state index in [1.165, 1.54) is 11.9 Å². The van der Waals surface area contributed by atoms with Gasteiger partial charge < -0.3 is 15.1 Å². The van der Waals surface area contributed by atoms with Crippen molar-refractivity contribution >= 4 is 11.8 Å². The fourth-order valence-corrected chi connectivity index (χ4v) is 2.95. The van der Waals surface area contributed by atoms with Crippen molar-refractivity contribution in [2.24, 2.45) is 4.99 Å². The number of aromatic nitrogens is 1. The Morgan fingerprint density at radius 2 is 2.00 bits per heavy atom. The van der Waals surface area contributed by atoms with Gasteiger partial charge in [-0.15, -0.1) is 0 Å². The van der Waals surface area contributed by atoms with Crippen molar-refractivity contribution in [1.82, 2.24) is 20.1 Å². The highest BCUT2D eigenvalue weighted by atomic mass is 19.4. The minimum atomic E-state index is -4.15. The molecule has 0 amide bonds. The van der Waals surface area contributed by atoms with Gasteiger partial charge in [0.1, 0.15) is 5.82 Å². The third-order valence-corrected chi connectivity index (χ3v) is 4.21. The number of nitrogens with zero attached hydrogens (tertiary/aromatic N) is 5. The molecule has 1 fully saturated rings. The van der Waals surface area contributed by atoms with Crippen molar-refractivity contribution in [2.75, 3.05) is 64.8 Å². The number of anilines is 1. The van der Waals surface area contributed by atoms with Gasteiger partial charge in [0.05, 0.1) is 6.54 Å². The zero-order valence-corrected chi connectivity index (χ0v) is 15.3. The Labute approximate surface area is 152 Å². The van der Waals surface area contributed by atoms with Crippen LogP contribution in [0.1, 0.15) is 6.42 Å². The molecule has 9 heteroatoms. The van der Waals surface area contributed by atoms with Gasteiger partial charge in [0.25, 0.3) is 0 Å². The Morgan fingerprint density at radius 3 is 2.58 bits per heavy atom. The van der Waals surface area contributed by atoms with Crippen LogP contribution < -0.4 is 10.2 Å². The number of halogens is 3. The molecule has 1 aliphatic heterocycles. The maximum atomic E-state index is 12.3. The second kappa shape index (κ2) is 9.61. The SMILES string of the molecule is CN=C(NCCCN(C)CC(F)(F)F)N1CCN(c2ccccn2)CC1. The van der Waals surface area contributed by atoms with E-state index in [2.05, 4.69) is 25.1 Å². The summed E-state index contributed by atoms with van der Waals surface area (Å²) in [6.07, 6.45) is -1.73. The average molecular weight is 372 g/mol. The van der Waals surface area contributed by atoms with E-state index in [1.807, 2.05) is 18.2 Å². The van der Waals surface area contributed by atoms with Crippen LogP contribution in [0.25, 0.3) is 0 Å². The zero-order valence-electron chi connectivity index (χ0n) is 15.3. The molecule has 0 bridgehead atoms. The van der Waals surface area contributed by atoms with E-state index in [9.17, 15) is 13.2 Å². The molecule has 2 rings (SSSR count). The second-order valence-corrected chi connectivity index (χ2v) is 6.34. The molecule has 146 valence electrons. The number of nitrogens with one attached hydrogen (secondary N) is 1. The first-order chi connectivity index (χ1) is 12.4. The Balaban J connectivity index is 1.70. The van der Waals surface area contributed by atoms with Gasteiger partial charge in [-0.25, -0.2) is 4.98 Å². The standard InChI is InChI=1S/C17H27F3N6/c1-21-16(23-8-5-9-24(2)14-17(18,19)20)26-12-10-25(11-13-26)15-6-3-4-7-22-15/h3-4,6-7H,5,8-14H2,1-2H3,(H,21,23). The topological polar surface area (TPSA) is 47.0 Å². The maximum Gasteiger partial charge on any atom is 0.401 e. The fourth-order valence-electron chi connectivity index (χ4n) is 2.95. The lowest BCUT2D eigenvalue weighted by molar-refractivity contribution is -0.143. The number of piperazine rings is 1. The van der Waals surface area contributed by atoms with Crippen molar-refractivity contribution in [3.63, 3.8) is 0 Å². The highest BCUT2D eigenvalue weighted by Crippen LogP contribution is 2.15. The molecule has 1 aromatic heterocycles. The van der Waals surface area contributed by atoms with Crippen LogP contribution in [0.5, 0.6) is 0 Å². The summed E-state index contributed by atoms with van der Waals surface area (Å²) in [6, 6.07) is 5.88.